The summed E-state index contributed by atoms with van der Waals surface area (Å²) in [6, 6.07) is 8.65. The van der Waals surface area contributed by atoms with Crippen molar-refractivity contribution < 1.29 is 19.2 Å². The molecule has 7 nitrogen and oxygen atoms in total. The molecule has 2 amide bonds. The van der Waals surface area contributed by atoms with Gasteiger partial charge in [0.05, 0.1) is 6.54 Å². The van der Waals surface area contributed by atoms with Crippen LogP contribution in [0, 0.1) is 0 Å². The highest BCUT2D eigenvalue weighted by Gasteiger charge is 2.25. The summed E-state index contributed by atoms with van der Waals surface area (Å²) in [5, 5.41) is 5.76. The Labute approximate surface area is 158 Å². The lowest BCUT2D eigenvalue weighted by molar-refractivity contribution is -0.123. The Bertz CT molecular complexity index is 658. The fraction of sp³-hybridized carbons (Fsp3) is 0.444. The Hall–Kier alpha value is -2.25. The lowest BCUT2D eigenvalue weighted by Gasteiger charge is -2.23. The maximum absolute atomic E-state index is 12.6. The normalized spacial score (nSPS) is 17.7. The Balaban J connectivity index is 1.99. The van der Waals surface area contributed by atoms with Gasteiger partial charge in [0.2, 0.25) is 5.91 Å². The zero-order valence-corrected chi connectivity index (χ0v) is 15.8. The highest BCUT2D eigenvalue weighted by Crippen LogP contribution is 2.10. The molecule has 2 rings (SSSR count). The van der Waals surface area contributed by atoms with Gasteiger partial charge < -0.3 is 15.4 Å². The number of halogens is 1. The van der Waals surface area contributed by atoms with E-state index in [9.17, 15) is 9.59 Å². The number of hydrogen-bond acceptors (Lipinski definition) is 5. The van der Waals surface area contributed by atoms with Gasteiger partial charge in [0, 0.05) is 6.42 Å². The summed E-state index contributed by atoms with van der Waals surface area (Å²) in [6.07, 6.45) is 0.974. The average Bonchev–Trinajstić information content (AvgIpc) is 2.96. The third-order valence-electron chi connectivity index (χ3n) is 3.41. The SMILES string of the molecule is CC(C)(C)OC(=O)N[C@@H](Cc1ccccc1)C(=O)NCC1C=C(Cl)NO1. The predicted molar refractivity (Wildman–Crippen MR) is 98.3 cm³/mol. The molecule has 1 unspecified atom stereocenters. The smallest absolute Gasteiger partial charge is 0.408 e. The molecule has 0 aliphatic carbocycles. The number of alkyl carbamates (subject to hydrolysis) is 1. The van der Waals surface area contributed by atoms with E-state index in [2.05, 4.69) is 16.1 Å². The van der Waals surface area contributed by atoms with Gasteiger partial charge in [-0.1, -0.05) is 41.9 Å². The second-order valence-corrected chi connectivity index (χ2v) is 7.31. The van der Waals surface area contributed by atoms with Crippen LogP contribution in [0.3, 0.4) is 0 Å². The number of rotatable bonds is 6. The third-order valence-corrected chi connectivity index (χ3v) is 3.61. The van der Waals surface area contributed by atoms with Crippen molar-refractivity contribution in [2.24, 2.45) is 0 Å². The van der Waals surface area contributed by atoms with Gasteiger partial charge in [-0.05, 0) is 32.4 Å². The van der Waals surface area contributed by atoms with E-state index in [-0.39, 0.29) is 18.6 Å². The Morgan fingerprint density at radius 2 is 2.00 bits per heavy atom. The highest BCUT2D eigenvalue weighted by molar-refractivity contribution is 6.29. The molecule has 0 radical (unpaired) electrons. The van der Waals surface area contributed by atoms with E-state index in [0.29, 0.717) is 11.6 Å². The summed E-state index contributed by atoms with van der Waals surface area (Å²) in [4.78, 5) is 29.8. The molecule has 1 aliphatic heterocycles. The minimum absolute atomic E-state index is 0.226. The molecular weight excluding hydrogens is 358 g/mol. The average molecular weight is 382 g/mol. The number of amides is 2. The van der Waals surface area contributed by atoms with Crippen LogP contribution in [0.1, 0.15) is 26.3 Å². The van der Waals surface area contributed by atoms with Crippen LogP contribution in [0.5, 0.6) is 0 Å². The van der Waals surface area contributed by atoms with Crippen molar-refractivity contribution in [2.45, 2.75) is 44.9 Å². The molecule has 0 fully saturated rings. The van der Waals surface area contributed by atoms with Crippen molar-refractivity contribution in [3.63, 3.8) is 0 Å². The molecule has 1 aromatic rings. The third kappa shape index (κ3) is 6.93. The number of hydrogen-bond donors (Lipinski definition) is 3. The van der Waals surface area contributed by atoms with E-state index in [4.69, 9.17) is 21.2 Å². The van der Waals surface area contributed by atoms with Gasteiger partial charge in [-0.3, -0.25) is 15.1 Å². The summed E-state index contributed by atoms with van der Waals surface area (Å²) < 4.78 is 5.26. The van der Waals surface area contributed by atoms with E-state index < -0.39 is 17.7 Å². The van der Waals surface area contributed by atoms with Crippen LogP contribution in [0.25, 0.3) is 0 Å². The largest absolute Gasteiger partial charge is 0.444 e. The molecule has 8 heteroatoms. The second kappa shape index (κ2) is 8.91. The standard InChI is InChI=1S/C18H24ClN3O4/c1-18(2,3)25-17(24)21-14(9-12-7-5-4-6-8-12)16(23)20-11-13-10-15(19)22-26-13/h4-8,10,13-14,22H,9,11H2,1-3H3,(H,20,23)(H,21,24)/t13?,14-/m0/s1. The van der Waals surface area contributed by atoms with Gasteiger partial charge in [0.25, 0.3) is 0 Å². The van der Waals surface area contributed by atoms with Gasteiger partial charge in [-0.2, -0.15) is 0 Å². The summed E-state index contributed by atoms with van der Waals surface area (Å²) >= 11 is 5.76. The first-order chi connectivity index (χ1) is 12.2. The van der Waals surface area contributed by atoms with Crippen LogP contribution in [-0.4, -0.2) is 36.3 Å². The van der Waals surface area contributed by atoms with Crippen LogP contribution in [-0.2, 0) is 20.8 Å². The molecule has 1 aromatic carbocycles. The van der Waals surface area contributed by atoms with Crippen LogP contribution < -0.4 is 16.1 Å². The van der Waals surface area contributed by atoms with Crippen molar-refractivity contribution in [2.75, 3.05) is 6.54 Å². The molecule has 0 bridgehead atoms. The van der Waals surface area contributed by atoms with Crippen molar-refractivity contribution in [1.82, 2.24) is 16.1 Å². The summed E-state index contributed by atoms with van der Waals surface area (Å²) in [7, 11) is 0. The zero-order valence-electron chi connectivity index (χ0n) is 15.0. The van der Waals surface area contributed by atoms with Crippen LogP contribution in [0.2, 0.25) is 0 Å². The van der Waals surface area contributed by atoms with Gasteiger partial charge in [0.1, 0.15) is 22.9 Å². The molecule has 1 heterocycles. The molecule has 0 saturated carbocycles. The van der Waals surface area contributed by atoms with Crippen molar-refractivity contribution in [3.8, 4) is 0 Å². The van der Waals surface area contributed by atoms with Gasteiger partial charge in [0.15, 0.2) is 0 Å². The molecule has 26 heavy (non-hydrogen) atoms. The van der Waals surface area contributed by atoms with E-state index in [1.165, 1.54) is 0 Å². The Morgan fingerprint density at radius 1 is 1.31 bits per heavy atom. The maximum Gasteiger partial charge on any atom is 0.408 e. The van der Waals surface area contributed by atoms with E-state index >= 15 is 0 Å². The molecule has 0 saturated heterocycles. The summed E-state index contributed by atoms with van der Waals surface area (Å²) in [6.45, 7) is 5.52. The lowest BCUT2D eigenvalue weighted by atomic mass is 10.1. The maximum atomic E-state index is 12.6. The molecule has 142 valence electrons. The quantitative estimate of drug-likeness (QED) is 0.657. The highest BCUT2D eigenvalue weighted by atomic mass is 35.5. The van der Waals surface area contributed by atoms with Crippen LogP contribution in [0.15, 0.2) is 41.6 Å². The van der Waals surface area contributed by atoms with E-state index in [1.54, 1.807) is 26.8 Å². The number of benzene rings is 1. The fourth-order valence-electron chi connectivity index (χ4n) is 2.30. The van der Waals surface area contributed by atoms with Gasteiger partial charge in [-0.15, -0.1) is 0 Å². The monoisotopic (exact) mass is 381 g/mol. The molecular formula is C18H24ClN3O4. The Kier molecular flexibility index (Phi) is 6.88. The number of ether oxygens (including phenoxy) is 1. The first kappa shape index (κ1) is 20.1. The van der Waals surface area contributed by atoms with Crippen LogP contribution in [0.4, 0.5) is 4.79 Å². The van der Waals surface area contributed by atoms with Gasteiger partial charge >= 0.3 is 6.09 Å². The summed E-state index contributed by atoms with van der Waals surface area (Å²) in [5.74, 6) is -0.334. The fourth-order valence-corrected chi connectivity index (χ4v) is 2.48. The molecule has 3 N–H and O–H groups in total. The van der Waals surface area contributed by atoms with Crippen molar-refractivity contribution >= 4 is 23.6 Å². The number of nitrogens with one attached hydrogen (secondary N) is 3. The molecule has 1 aliphatic rings. The van der Waals surface area contributed by atoms with Crippen LogP contribution >= 0.6 is 11.6 Å². The molecule has 2 atom stereocenters. The van der Waals surface area contributed by atoms with Crippen molar-refractivity contribution in [1.29, 1.82) is 0 Å². The minimum atomic E-state index is -0.777. The minimum Gasteiger partial charge on any atom is -0.444 e. The topological polar surface area (TPSA) is 88.7 Å². The number of carbonyl (C=O) groups is 2. The van der Waals surface area contributed by atoms with Gasteiger partial charge in [-0.25, -0.2) is 4.79 Å². The first-order valence-electron chi connectivity index (χ1n) is 8.33. The number of hydroxylamine groups is 1. The van der Waals surface area contributed by atoms with Crippen molar-refractivity contribution in [3.05, 3.63) is 47.1 Å². The first-order valence-corrected chi connectivity index (χ1v) is 8.71. The molecule has 0 spiro atoms. The predicted octanol–water partition coefficient (Wildman–Crippen LogP) is 2.22. The molecule has 0 aromatic heterocycles. The lowest BCUT2D eigenvalue weighted by Crippen LogP contribution is -2.50. The zero-order chi connectivity index (χ0) is 19.2. The second-order valence-electron chi connectivity index (χ2n) is 6.91. The van der Waals surface area contributed by atoms with E-state index in [1.807, 2.05) is 30.3 Å². The van der Waals surface area contributed by atoms with E-state index in [0.717, 1.165) is 5.56 Å². The number of carbonyl (C=O) groups excluding carboxylic acids is 2. The Morgan fingerprint density at radius 3 is 2.58 bits per heavy atom. The summed E-state index contributed by atoms with van der Waals surface area (Å²) in [5.41, 5.74) is 2.78.